The summed E-state index contributed by atoms with van der Waals surface area (Å²) in [6.45, 7) is 6.73. The molecule has 2 aromatic rings. The third-order valence-electron chi connectivity index (χ3n) is 5.25. The number of ether oxygens (including phenoxy) is 1. The maximum Gasteiger partial charge on any atom is 0.413 e. The van der Waals surface area contributed by atoms with Crippen LogP contribution in [0.2, 0.25) is 4.34 Å². The van der Waals surface area contributed by atoms with E-state index in [1.807, 2.05) is 36.1 Å². The predicted octanol–water partition coefficient (Wildman–Crippen LogP) is 4.59. The average molecular weight is 478 g/mol. The Morgan fingerprint density at radius 1 is 1.41 bits per heavy atom. The molecule has 1 aromatic carbocycles. The first-order valence-corrected chi connectivity index (χ1v) is 11.7. The van der Waals surface area contributed by atoms with Crippen molar-refractivity contribution in [3.63, 3.8) is 0 Å². The predicted molar refractivity (Wildman–Crippen MR) is 129 cm³/mol. The number of nitrogens with one attached hydrogen (secondary N) is 2. The lowest BCUT2D eigenvalue weighted by Gasteiger charge is -2.33. The number of benzene rings is 1. The van der Waals surface area contributed by atoms with Crippen molar-refractivity contribution in [1.29, 1.82) is 0 Å². The molecule has 1 aromatic heterocycles. The van der Waals surface area contributed by atoms with E-state index in [0.717, 1.165) is 47.7 Å². The minimum Gasteiger partial charge on any atom is -0.399 e. The van der Waals surface area contributed by atoms with Crippen molar-refractivity contribution in [3.8, 4) is 5.06 Å². The van der Waals surface area contributed by atoms with E-state index in [1.165, 1.54) is 0 Å². The molecule has 3 rings (SSSR count). The van der Waals surface area contributed by atoms with Gasteiger partial charge in [-0.15, -0.1) is 6.58 Å². The maximum atomic E-state index is 12.8. The third kappa shape index (κ3) is 6.48. The van der Waals surface area contributed by atoms with Gasteiger partial charge >= 0.3 is 6.09 Å². The molecule has 0 radical (unpaired) electrons. The molecule has 1 saturated heterocycles. The quantitative estimate of drug-likeness (QED) is 0.459. The molecule has 1 unspecified atom stereocenters. The molecule has 0 aliphatic carbocycles. The van der Waals surface area contributed by atoms with Crippen LogP contribution >= 0.6 is 22.9 Å². The summed E-state index contributed by atoms with van der Waals surface area (Å²) in [4.78, 5) is 26.4. The highest BCUT2D eigenvalue weighted by atomic mass is 35.5. The molecular formula is C23H28ClN3O4S. The van der Waals surface area contributed by atoms with Gasteiger partial charge < -0.3 is 25.4 Å². The smallest absolute Gasteiger partial charge is 0.399 e. The Kier molecular flexibility index (Phi) is 8.55. The molecule has 172 valence electrons. The van der Waals surface area contributed by atoms with Gasteiger partial charge in [0.05, 0.1) is 10.4 Å². The zero-order chi connectivity index (χ0) is 23.1. The zero-order valence-electron chi connectivity index (χ0n) is 18.0. The first-order chi connectivity index (χ1) is 15.4. The summed E-state index contributed by atoms with van der Waals surface area (Å²) < 4.78 is 5.61. The van der Waals surface area contributed by atoms with Crippen molar-refractivity contribution < 1.29 is 19.4 Å². The number of aryl methyl sites for hydroxylation is 1. The number of anilines is 2. The first kappa shape index (κ1) is 24.1. The molecular weight excluding hydrogens is 450 g/mol. The summed E-state index contributed by atoms with van der Waals surface area (Å²) in [6.07, 6.45) is 2.94. The fourth-order valence-corrected chi connectivity index (χ4v) is 4.54. The van der Waals surface area contributed by atoms with Gasteiger partial charge in [0.2, 0.25) is 5.91 Å². The number of carbonyl (C=O) groups excluding carboxylic acids is 2. The third-order valence-corrected chi connectivity index (χ3v) is 6.36. The molecule has 9 heteroatoms. The molecule has 2 atom stereocenters. The van der Waals surface area contributed by atoms with Gasteiger partial charge in [0, 0.05) is 36.9 Å². The minimum absolute atomic E-state index is 0.00425. The summed E-state index contributed by atoms with van der Waals surface area (Å²) in [6, 6.07) is 9.02. The number of thiophene rings is 1. The molecule has 0 saturated carbocycles. The van der Waals surface area contributed by atoms with Gasteiger partial charge in [0.1, 0.15) is 0 Å². The monoisotopic (exact) mass is 477 g/mol. The SMILES string of the molecule is C=CCC1CCCN(c2ccc(NC[C@@H](O)CNC(=O)Oc3ccc(Cl)s3)cc2C)C1=O. The molecule has 0 bridgehead atoms. The van der Waals surface area contributed by atoms with Crippen molar-refractivity contribution in [2.45, 2.75) is 32.3 Å². The largest absolute Gasteiger partial charge is 0.413 e. The Labute approximate surface area is 197 Å². The second kappa shape index (κ2) is 11.4. The highest BCUT2D eigenvalue weighted by Gasteiger charge is 2.29. The summed E-state index contributed by atoms with van der Waals surface area (Å²) in [5, 5.41) is 16.2. The summed E-state index contributed by atoms with van der Waals surface area (Å²) in [5.41, 5.74) is 2.72. The van der Waals surface area contributed by atoms with Crippen molar-refractivity contribution in [2.24, 2.45) is 5.92 Å². The first-order valence-electron chi connectivity index (χ1n) is 10.5. The minimum atomic E-state index is -0.808. The molecule has 2 amide bonds. The average Bonchev–Trinajstić information content (AvgIpc) is 3.17. The summed E-state index contributed by atoms with van der Waals surface area (Å²) >= 11 is 6.95. The maximum absolute atomic E-state index is 12.8. The van der Waals surface area contributed by atoms with Crippen LogP contribution in [0.25, 0.3) is 0 Å². The lowest BCUT2D eigenvalue weighted by atomic mass is 9.93. The van der Waals surface area contributed by atoms with Crippen LogP contribution in [0, 0.1) is 12.8 Å². The van der Waals surface area contributed by atoms with Crippen LogP contribution in [0.15, 0.2) is 43.0 Å². The van der Waals surface area contributed by atoms with Crippen LogP contribution in [0.3, 0.4) is 0 Å². The van der Waals surface area contributed by atoms with E-state index < -0.39 is 12.2 Å². The Morgan fingerprint density at radius 2 is 2.22 bits per heavy atom. The Balaban J connectivity index is 1.48. The number of piperidine rings is 1. The lowest BCUT2D eigenvalue weighted by molar-refractivity contribution is -0.123. The van der Waals surface area contributed by atoms with E-state index in [0.29, 0.717) is 15.8 Å². The van der Waals surface area contributed by atoms with Crippen molar-refractivity contribution in [2.75, 3.05) is 29.9 Å². The van der Waals surface area contributed by atoms with Gasteiger partial charge in [-0.25, -0.2) is 4.79 Å². The number of carbonyl (C=O) groups is 2. The standard InChI is InChI=1S/C23H28ClN3O4S/c1-3-5-16-6-4-11-27(22(16)29)19-8-7-17(12-15(19)2)25-13-18(28)14-26-23(30)31-21-10-9-20(24)32-21/h3,7-10,12,16,18,25,28H,1,4-6,11,13-14H2,2H3,(H,26,30)/t16?,18-/m1/s1. The van der Waals surface area contributed by atoms with Crippen LogP contribution in [-0.4, -0.2) is 42.8 Å². The van der Waals surface area contributed by atoms with Gasteiger partial charge in [-0.1, -0.05) is 29.0 Å². The summed E-state index contributed by atoms with van der Waals surface area (Å²) in [5.74, 6) is 0.155. The number of amides is 2. The van der Waals surface area contributed by atoms with Gasteiger partial charge in [0.25, 0.3) is 0 Å². The highest BCUT2D eigenvalue weighted by Crippen LogP contribution is 2.30. The lowest BCUT2D eigenvalue weighted by Crippen LogP contribution is -2.41. The topological polar surface area (TPSA) is 90.9 Å². The molecule has 1 aliphatic heterocycles. The van der Waals surface area contributed by atoms with E-state index in [4.69, 9.17) is 16.3 Å². The van der Waals surface area contributed by atoms with Crippen LogP contribution in [0.4, 0.5) is 16.2 Å². The molecule has 0 spiro atoms. The molecule has 3 N–H and O–H groups in total. The molecule has 7 nitrogen and oxygen atoms in total. The van der Waals surface area contributed by atoms with Crippen molar-refractivity contribution in [3.05, 3.63) is 52.9 Å². The number of halogens is 1. The number of hydrogen-bond donors (Lipinski definition) is 3. The van der Waals surface area contributed by atoms with E-state index in [2.05, 4.69) is 17.2 Å². The van der Waals surface area contributed by atoms with Gasteiger partial charge in [0.15, 0.2) is 5.06 Å². The van der Waals surface area contributed by atoms with Crippen molar-refractivity contribution in [1.82, 2.24) is 5.32 Å². The van der Waals surface area contributed by atoms with Crippen LogP contribution in [0.5, 0.6) is 5.06 Å². The second-order valence-electron chi connectivity index (χ2n) is 7.72. The van der Waals surface area contributed by atoms with Gasteiger partial charge in [-0.05, 0) is 62.1 Å². The number of nitrogens with zero attached hydrogens (tertiary/aromatic N) is 1. The molecule has 1 fully saturated rings. The fourth-order valence-electron chi connectivity index (χ4n) is 3.67. The van der Waals surface area contributed by atoms with E-state index in [1.54, 1.807) is 12.1 Å². The number of hydrogen-bond acceptors (Lipinski definition) is 6. The van der Waals surface area contributed by atoms with Crippen LogP contribution < -0.4 is 20.3 Å². The Bertz CT molecular complexity index is 964. The molecule has 1 aliphatic rings. The number of aliphatic hydroxyl groups is 1. The zero-order valence-corrected chi connectivity index (χ0v) is 19.5. The highest BCUT2D eigenvalue weighted by molar-refractivity contribution is 7.17. The Hall–Kier alpha value is -2.55. The van der Waals surface area contributed by atoms with Crippen LogP contribution in [-0.2, 0) is 4.79 Å². The molecule has 2 heterocycles. The molecule has 32 heavy (non-hydrogen) atoms. The number of allylic oxidation sites excluding steroid dienone is 1. The van der Waals surface area contributed by atoms with E-state index >= 15 is 0 Å². The van der Waals surface area contributed by atoms with Crippen LogP contribution in [0.1, 0.15) is 24.8 Å². The summed E-state index contributed by atoms with van der Waals surface area (Å²) in [7, 11) is 0. The van der Waals surface area contributed by atoms with Gasteiger partial charge in [-0.2, -0.15) is 0 Å². The van der Waals surface area contributed by atoms with E-state index in [9.17, 15) is 14.7 Å². The number of aliphatic hydroxyl groups excluding tert-OH is 1. The second-order valence-corrected chi connectivity index (χ2v) is 9.40. The Morgan fingerprint density at radius 3 is 2.91 bits per heavy atom. The number of rotatable bonds is 9. The van der Waals surface area contributed by atoms with E-state index in [-0.39, 0.29) is 24.9 Å². The van der Waals surface area contributed by atoms with Crippen molar-refractivity contribution >= 4 is 46.3 Å². The normalized spacial score (nSPS) is 17.0. The van der Waals surface area contributed by atoms with Gasteiger partial charge in [-0.3, -0.25) is 4.79 Å². The fraction of sp³-hybridized carbons (Fsp3) is 0.391.